The summed E-state index contributed by atoms with van der Waals surface area (Å²) in [7, 11) is 1.60. The van der Waals surface area contributed by atoms with Crippen LogP contribution in [0.15, 0.2) is 42.5 Å². The van der Waals surface area contributed by atoms with E-state index >= 15 is 0 Å². The standard InChI is InChI=1S/C15H12O3/c1-18-13-7-5-11(6-8-13)14-4-2-3-12(9-16)15(14)10-17/h2-10H,1H3. The zero-order valence-electron chi connectivity index (χ0n) is 9.92. The summed E-state index contributed by atoms with van der Waals surface area (Å²) in [6.45, 7) is 0. The first-order valence-corrected chi connectivity index (χ1v) is 5.48. The molecule has 2 aromatic carbocycles. The second-order valence-corrected chi connectivity index (χ2v) is 3.77. The quantitative estimate of drug-likeness (QED) is 0.771. The maximum atomic E-state index is 11.1. The van der Waals surface area contributed by atoms with Crippen LogP contribution in [0.4, 0.5) is 0 Å². The number of rotatable bonds is 4. The molecule has 0 unspecified atom stereocenters. The topological polar surface area (TPSA) is 43.4 Å². The summed E-state index contributed by atoms with van der Waals surface area (Å²) >= 11 is 0. The van der Waals surface area contributed by atoms with Gasteiger partial charge >= 0.3 is 0 Å². The van der Waals surface area contributed by atoms with E-state index in [0.717, 1.165) is 16.9 Å². The Kier molecular flexibility index (Phi) is 3.53. The number of ether oxygens (including phenoxy) is 1. The van der Waals surface area contributed by atoms with Crippen molar-refractivity contribution in [1.29, 1.82) is 0 Å². The van der Waals surface area contributed by atoms with Crippen molar-refractivity contribution >= 4 is 12.6 Å². The van der Waals surface area contributed by atoms with Gasteiger partial charge in [0.2, 0.25) is 0 Å². The molecule has 2 rings (SSSR count). The van der Waals surface area contributed by atoms with Gasteiger partial charge < -0.3 is 4.74 Å². The Morgan fingerprint density at radius 1 is 0.944 bits per heavy atom. The van der Waals surface area contributed by atoms with Gasteiger partial charge in [-0.2, -0.15) is 0 Å². The van der Waals surface area contributed by atoms with E-state index in [1.165, 1.54) is 0 Å². The molecular weight excluding hydrogens is 228 g/mol. The smallest absolute Gasteiger partial charge is 0.151 e. The molecule has 0 atom stereocenters. The van der Waals surface area contributed by atoms with Crippen molar-refractivity contribution in [2.75, 3.05) is 7.11 Å². The fraction of sp³-hybridized carbons (Fsp3) is 0.0667. The van der Waals surface area contributed by atoms with Crippen molar-refractivity contribution in [2.45, 2.75) is 0 Å². The normalized spacial score (nSPS) is 9.83. The summed E-state index contributed by atoms with van der Waals surface area (Å²) in [5.74, 6) is 0.748. The predicted octanol–water partition coefficient (Wildman–Crippen LogP) is 2.99. The zero-order valence-corrected chi connectivity index (χ0v) is 9.92. The molecule has 0 radical (unpaired) electrons. The second-order valence-electron chi connectivity index (χ2n) is 3.77. The van der Waals surface area contributed by atoms with Gasteiger partial charge in [-0.15, -0.1) is 0 Å². The van der Waals surface area contributed by atoms with E-state index in [0.29, 0.717) is 23.7 Å². The number of carbonyl (C=O) groups is 2. The number of aldehydes is 2. The van der Waals surface area contributed by atoms with Crippen molar-refractivity contribution in [3.05, 3.63) is 53.6 Å². The minimum absolute atomic E-state index is 0.401. The number of carbonyl (C=O) groups excluding carboxylic acids is 2. The summed E-state index contributed by atoms with van der Waals surface area (Å²) in [6.07, 6.45) is 1.40. The highest BCUT2D eigenvalue weighted by Gasteiger charge is 2.08. The van der Waals surface area contributed by atoms with Crippen LogP contribution in [0.3, 0.4) is 0 Å². The molecule has 2 aromatic rings. The maximum Gasteiger partial charge on any atom is 0.151 e. The van der Waals surface area contributed by atoms with Crippen LogP contribution in [0.1, 0.15) is 20.7 Å². The Labute approximate surface area is 105 Å². The van der Waals surface area contributed by atoms with E-state index in [1.807, 2.05) is 30.3 Å². The Morgan fingerprint density at radius 3 is 2.22 bits per heavy atom. The average molecular weight is 240 g/mol. The van der Waals surface area contributed by atoms with Gasteiger partial charge in [0.05, 0.1) is 7.11 Å². The van der Waals surface area contributed by atoms with Crippen molar-refractivity contribution in [3.63, 3.8) is 0 Å². The van der Waals surface area contributed by atoms with Gasteiger partial charge in [0.1, 0.15) is 5.75 Å². The molecule has 0 N–H and O–H groups in total. The van der Waals surface area contributed by atoms with E-state index in [9.17, 15) is 9.59 Å². The van der Waals surface area contributed by atoms with Crippen LogP contribution in [0.25, 0.3) is 11.1 Å². The van der Waals surface area contributed by atoms with Gasteiger partial charge in [0.25, 0.3) is 0 Å². The Balaban J connectivity index is 2.55. The minimum Gasteiger partial charge on any atom is -0.497 e. The van der Waals surface area contributed by atoms with Gasteiger partial charge in [0.15, 0.2) is 12.6 Å². The Morgan fingerprint density at radius 2 is 1.67 bits per heavy atom. The number of hydrogen-bond donors (Lipinski definition) is 0. The van der Waals surface area contributed by atoms with E-state index in [1.54, 1.807) is 19.2 Å². The molecule has 0 bridgehead atoms. The summed E-state index contributed by atoms with van der Waals surface area (Å²) < 4.78 is 5.08. The summed E-state index contributed by atoms with van der Waals surface area (Å²) in [5.41, 5.74) is 2.44. The fourth-order valence-electron chi connectivity index (χ4n) is 1.84. The molecule has 0 aliphatic carbocycles. The molecule has 0 aromatic heterocycles. The van der Waals surface area contributed by atoms with Crippen LogP contribution in [0, 0.1) is 0 Å². The van der Waals surface area contributed by atoms with Gasteiger partial charge in [-0.25, -0.2) is 0 Å². The van der Waals surface area contributed by atoms with Crippen molar-refractivity contribution < 1.29 is 14.3 Å². The molecule has 3 heteroatoms. The van der Waals surface area contributed by atoms with Gasteiger partial charge in [-0.3, -0.25) is 9.59 Å². The maximum absolute atomic E-state index is 11.1. The highest BCUT2D eigenvalue weighted by atomic mass is 16.5. The lowest BCUT2D eigenvalue weighted by molar-refractivity contribution is 0.109. The van der Waals surface area contributed by atoms with Crippen LogP contribution in [-0.4, -0.2) is 19.7 Å². The first-order chi connectivity index (χ1) is 8.80. The number of benzene rings is 2. The van der Waals surface area contributed by atoms with Crippen LogP contribution >= 0.6 is 0 Å². The lowest BCUT2D eigenvalue weighted by Crippen LogP contribution is -1.94. The Hall–Kier alpha value is -2.42. The predicted molar refractivity (Wildman–Crippen MR) is 69.2 cm³/mol. The van der Waals surface area contributed by atoms with Crippen LogP contribution < -0.4 is 4.74 Å². The molecule has 0 saturated carbocycles. The third-order valence-electron chi connectivity index (χ3n) is 2.79. The Bertz CT molecular complexity index is 571. The third-order valence-corrected chi connectivity index (χ3v) is 2.79. The SMILES string of the molecule is COc1ccc(-c2cccc(C=O)c2C=O)cc1. The molecule has 0 amide bonds. The molecule has 90 valence electrons. The van der Waals surface area contributed by atoms with E-state index < -0.39 is 0 Å². The molecule has 0 saturated heterocycles. The second kappa shape index (κ2) is 5.27. The number of methoxy groups -OCH3 is 1. The van der Waals surface area contributed by atoms with Crippen LogP contribution in [0.5, 0.6) is 5.75 Å². The first-order valence-electron chi connectivity index (χ1n) is 5.48. The summed E-state index contributed by atoms with van der Waals surface area (Å²) in [5, 5.41) is 0. The lowest BCUT2D eigenvalue weighted by atomic mass is 9.97. The largest absolute Gasteiger partial charge is 0.497 e. The zero-order chi connectivity index (χ0) is 13.0. The van der Waals surface area contributed by atoms with Crippen molar-refractivity contribution in [2.24, 2.45) is 0 Å². The van der Waals surface area contributed by atoms with E-state index in [4.69, 9.17) is 4.74 Å². The van der Waals surface area contributed by atoms with Crippen molar-refractivity contribution in [1.82, 2.24) is 0 Å². The van der Waals surface area contributed by atoms with Gasteiger partial charge in [0, 0.05) is 11.1 Å². The molecule has 3 nitrogen and oxygen atoms in total. The highest BCUT2D eigenvalue weighted by Crippen LogP contribution is 2.26. The first kappa shape index (κ1) is 12.0. The summed E-state index contributed by atoms with van der Waals surface area (Å²) in [4.78, 5) is 22.0. The van der Waals surface area contributed by atoms with E-state index in [2.05, 4.69) is 0 Å². The van der Waals surface area contributed by atoms with Crippen molar-refractivity contribution in [3.8, 4) is 16.9 Å². The van der Waals surface area contributed by atoms with Gasteiger partial charge in [-0.05, 0) is 23.3 Å². The molecule has 18 heavy (non-hydrogen) atoms. The molecule has 0 fully saturated rings. The van der Waals surface area contributed by atoms with Crippen LogP contribution in [-0.2, 0) is 0 Å². The van der Waals surface area contributed by atoms with E-state index in [-0.39, 0.29) is 0 Å². The average Bonchev–Trinajstić information content (AvgIpc) is 2.46. The fourth-order valence-corrected chi connectivity index (χ4v) is 1.84. The molecule has 0 aliphatic heterocycles. The summed E-state index contributed by atoms with van der Waals surface area (Å²) in [6, 6.07) is 12.6. The highest BCUT2D eigenvalue weighted by molar-refractivity contribution is 5.97. The minimum atomic E-state index is 0.401. The van der Waals surface area contributed by atoms with Gasteiger partial charge in [-0.1, -0.05) is 30.3 Å². The molecule has 0 spiro atoms. The number of hydrogen-bond acceptors (Lipinski definition) is 3. The monoisotopic (exact) mass is 240 g/mol. The third kappa shape index (κ3) is 2.15. The lowest BCUT2D eigenvalue weighted by Gasteiger charge is -2.08. The molecule has 0 aliphatic rings. The molecular formula is C15H12O3. The molecule has 0 heterocycles. The van der Waals surface area contributed by atoms with Crippen LogP contribution in [0.2, 0.25) is 0 Å².